The molecule has 1 aliphatic rings. The molecule has 6 nitrogen and oxygen atoms in total. The Labute approximate surface area is 150 Å². The number of halogens is 1. The van der Waals surface area contributed by atoms with Crippen molar-refractivity contribution in [3.8, 4) is 11.3 Å². The van der Waals surface area contributed by atoms with Gasteiger partial charge in [-0.2, -0.15) is 5.10 Å². The molecule has 0 amide bonds. The molecular formula is C19H20FN5O. The third kappa shape index (κ3) is 3.62. The van der Waals surface area contributed by atoms with Gasteiger partial charge < -0.3 is 0 Å². The zero-order valence-corrected chi connectivity index (χ0v) is 14.6. The summed E-state index contributed by atoms with van der Waals surface area (Å²) in [5.74, 6) is 0.0625. The molecule has 0 N–H and O–H groups in total. The van der Waals surface area contributed by atoms with E-state index in [2.05, 4.69) is 15.1 Å². The number of hydrogen-bond acceptors (Lipinski definition) is 5. The number of carbonyl (C=O) groups is 1. The van der Waals surface area contributed by atoms with Gasteiger partial charge in [0.15, 0.2) is 5.78 Å². The van der Waals surface area contributed by atoms with E-state index in [1.54, 1.807) is 23.3 Å². The lowest BCUT2D eigenvalue weighted by Gasteiger charge is -2.13. The number of pyridine rings is 2. The number of likely N-dealkylation sites (tertiary alicyclic amines) is 1. The highest BCUT2D eigenvalue weighted by Gasteiger charge is 2.23. The monoisotopic (exact) mass is 353 g/mol. The molecule has 4 heterocycles. The molecular weight excluding hydrogens is 333 g/mol. The third-order valence-corrected chi connectivity index (χ3v) is 4.65. The van der Waals surface area contributed by atoms with E-state index in [0.29, 0.717) is 19.5 Å². The van der Waals surface area contributed by atoms with Crippen LogP contribution >= 0.6 is 0 Å². The standard InChI is InChI=1S/C19H20FN5O/c1-24-10-15(9-23-24)19-5-13-4-17(21-7-14(13)8-22-19)6-18(26)12-25-3-2-16(20)11-25/h4-5,7-10,16H,2-3,6,11-12H2,1H3/t16-/m0/s1. The Morgan fingerprint density at radius 2 is 2.08 bits per heavy atom. The van der Waals surface area contributed by atoms with Crippen LogP contribution in [0.25, 0.3) is 22.0 Å². The van der Waals surface area contributed by atoms with Gasteiger partial charge in [0.25, 0.3) is 0 Å². The fraction of sp³-hybridized carbons (Fsp3) is 0.368. The second kappa shape index (κ2) is 6.92. The molecule has 4 rings (SSSR count). The van der Waals surface area contributed by atoms with Gasteiger partial charge in [-0.25, -0.2) is 4.39 Å². The Bertz CT molecular complexity index is 954. The highest BCUT2D eigenvalue weighted by atomic mass is 19.1. The van der Waals surface area contributed by atoms with Crippen molar-refractivity contribution in [2.24, 2.45) is 7.05 Å². The first kappa shape index (κ1) is 16.8. The summed E-state index contributed by atoms with van der Waals surface area (Å²) in [6.07, 6.45) is 7.18. The molecule has 3 aromatic heterocycles. The number of aromatic nitrogens is 4. The van der Waals surface area contributed by atoms with Crippen LogP contribution in [-0.4, -0.2) is 56.2 Å². The Morgan fingerprint density at radius 3 is 2.81 bits per heavy atom. The Hall–Kier alpha value is -2.67. The predicted octanol–water partition coefficient (Wildman–Crippen LogP) is 2.19. The average Bonchev–Trinajstić information content (AvgIpc) is 3.22. The second-order valence-electron chi connectivity index (χ2n) is 6.83. The van der Waals surface area contributed by atoms with E-state index >= 15 is 0 Å². The molecule has 0 saturated carbocycles. The number of Topliss-reactive ketones (excluding diaryl/α,β-unsaturated/α-hetero) is 1. The number of rotatable bonds is 5. The fourth-order valence-electron chi connectivity index (χ4n) is 3.33. The van der Waals surface area contributed by atoms with Crippen LogP contribution in [0.1, 0.15) is 12.1 Å². The van der Waals surface area contributed by atoms with Gasteiger partial charge in [0.1, 0.15) is 6.17 Å². The topological polar surface area (TPSA) is 63.9 Å². The van der Waals surface area contributed by atoms with E-state index in [1.165, 1.54) is 0 Å². The van der Waals surface area contributed by atoms with Crippen LogP contribution in [0.4, 0.5) is 4.39 Å². The van der Waals surface area contributed by atoms with Crippen molar-refractivity contribution in [2.75, 3.05) is 19.6 Å². The van der Waals surface area contributed by atoms with Crippen LogP contribution in [0, 0.1) is 0 Å². The molecule has 3 aromatic rings. The predicted molar refractivity (Wildman–Crippen MR) is 96.4 cm³/mol. The molecule has 0 radical (unpaired) electrons. The summed E-state index contributed by atoms with van der Waals surface area (Å²) in [5, 5.41) is 6.08. The number of nitrogens with zero attached hydrogens (tertiary/aromatic N) is 5. The zero-order valence-electron chi connectivity index (χ0n) is 14.6. The van der Waals surface area contributed by atoms with Crippen molar-refractivity contribution in [1.29, 1.82) is 0 Å². The molecule has 26 heavy (non-hydrogen) atoms. The minimum Gasteiger partial charge on any atom is -0.298 e. The van der Waals surface area contributed by atoms with Gasteiger partial charge in [-0.15, -0.1) is 0 Å². The maximum Gasteiger partial charge on any atom is 0.152 e. The summed E-state index contributed by atoms with van der Waals surface area (Å²) in [7, 11) is 1.86. The minimum absolute atomic E-state index is 0.0625. The van der Waals surface area contributed by atoms with Gasteiger partial charge in [0, 0.05) is 55.4 Å². The molecule has 1 saturated heterocycles. The smallest absolute Gasteiger partial charge is 0.152 e. The zero-order chi connectivity index (χ0) is 18.1. The van der Waals surface area contributed by atoms with Crippen LogP contribution in [0.2, 0.25) is 0 Å². The van der Waals surface area contributed by atoms with Crippen LogP contribution in [0.15, 0.2) is 36.9 Å². The van der Waals surface area contributed by atoms with E-state index in [0.717, 1.165) is 27.7 Å². The summed E-state index contributed by atoms with van der Waals surface area (Å²) >= 11 is 0. The minimum atomic E-state index is -0.806. The lowest BCUT2D eigenvalue weighted by Crippen LogP contribution is -2.29. The molecule has 0 aliphatic carbocycles. The molecule has 134 valence electrons. The average molecular weight is 353 g/mol. The summed E-state index contributed by atoms with van der Waals surface area (Å²) in [6, 6.07) is 3.91. The number of fused-ring (bicyclic) bond motifs is 1. The number of carbonyl (C=O) groups excluding carboxylic acids is 1. The molecule has 7 heteroatoms. The Morgan fingerprint density at radius 1 is 1.23 bits per heavy atom. The van der Waals surface area contributed by atoms with Crippen molar-refractivity contribution in [2.45, 2.75) is 19.0 Å². The molecule has 0 aromatic carbocycles. The maximum atomic E-state index is 13.2. The molecule has 1 fully saturated rings. The van der Waals surface area contributed by atoms with Gasteiger partial charge in [-0.3, -0.25) is 24.3 Å². The number of aryl methyl sites for hydroxylation is 1. The lowest BCUT2D eigenvalue weighted by atomic mass is 10.1. The summed E-state index contributed by atoms with van der Waals surface area (Å²) in [5.41, 5.74) is 2.50. The normalized spacial score (nSPS) is 17.8. The van der Waals surface area contributed by atoms with E-state index in [-0.39, 0.29) is 18.7 Å². The van der Waals surface area contributed by atoms with E-state index in [9.17, 15) is 9.18 Å². The van der Waals surface area contributed by atoms with Crippen LogP contribution in [0.3, 0.4) is 0 Å². The molecule has 1 atom stereocenters. The first-order valence-electron chi connectivity index (χ1n) is 8.68. The first-order chi connectivity index (χ1) is 12.6. The summed E-state index contributed by atoms with van der Waals surface area (Å²) in [4.78, 5) is 23.0. The molecule has 0 unspecified atom stereocenters. The lowest BCUT2D eigenvalue weighted by molar-refractivity contribution is -0.119. The van der Waals surface area contributed by atoms with E-state index in [4.69, 9.17) is 0 Å². The second-order valence-corrected chi connectivity index (χ2v) is 6.83. The number of hydrogen-bond donors (Lipinski definition) is 0. The quantitative estimate of drug-likeness (QED) is 0.703. The number of ketones is 1. The fourth-order valence-corrected chi connectivity index (χ4v) is 3.33. The molecule has 0 spiro atoms. The van der Waals surface area contributed by atoms with E-state index < -0.39 is 6.17 Å². The van der Waals surface area contributed by atoms with Gasteiger partial charge in [-0.1, -0.05) is 0 Å². The Kier molecular flexibility index (Phi) is 4.46. The van der Waals surface area contributed by atoms with Gasteiger partial charge >= 0.3 is 0 Å². The van der Waals surface area contributed by atoms with Crippen molar-refractivity contribution < 1.29 is 9.18 Å². The first-order valence-corrected chi connectivity index (χ1v) is 8.68. The van der Waals surface area contributed by atoms with Gasteiger partial charge in [0.2, 0.25) is 0 Å². The SMILES string of the molecule is Cn1cc(-c2cc3cc(CC(=O)CN4CC[C@H](F)C4)ncc3cn2)cn1. The number of alkyl halides is 1. The van der Waals surface area contributed by atoms with Crippen LogP contribution < -0.4 is 0 Å². The van der Waals surface area contributed by atoms with Crippen LogP contribution in [-0.2, 0) is 18.3 Å². The third-order valence-electron chi connectivity index (χ3n) is 4.65. The molecule has 0 bridgehead atoms. The highest BCUT2D eigenvalue weighted by Crippen LogP contribution is 2.22. The van der Waals surface area contributed by atoms with Crippen molar-refractivity contribution in [3.05, 3.63) is 42.6 Å². The van der Waals surface area contributed by atoms with Gasteiger partial charge in [-0.05, 0) is 23.9 Å². The van der Waals surface area contributed by atoms with E-state index in [1.807, 2.05) is 30.3 Å². The largest absolute Gasteiger partial charge is 0.298 e. The van der Waals surface area contributed by atoms with Gasteiger partial charge in [0.05, 0.1) is 24.9 Å². The van der Waals surface area contributed by atoms with Crippen LogP contribution in [0.5, 0.6) is 0 Å². The highest BCUT2D eigenvalue weighted by molar-refractivity contribution is 5.87. The van der Waals surface area contributed by atoms with Crippen molar-refractivity contribution >= 4 is 16.6 Å². The maximum absolute atomic E-state index is 13.2. The summed E-state index contributed by atoms with van der Waals surface area (Å²) in [6.45, 7) is 1.30. The van der Waals surface area contributed by atoms with Crippen molar-refractivity contribution in [3.63, 3.8) is 0 Å². The summed E-state index contributed by atoms with van der Waals surface area (Å²) < 4.78 is 15.0. The Balaban J connectivity index is 1.51. The molecule has 1 aliphatic heterocycles. The van der Waals surface area contributed by atoms with Crippen molar-refractivity contribution in [1.82, 2.24) is 24.6 Å².